The molecule has 3 fully saturated rings. The third-order valence-electron chi connectivity index (χ3n) is 8.60. The van der Waals surface area contributed by atoms with Gasteiger partial charge in [-0.1, -0.05) is 0 Å². The van der Waals surface area contributed by atoms with E-state index in [-0.39, 0.29) is 43.0 Å². The Kier molecular flexibility index (Phi) is 6.89. The van der Waals surface area contributed by atoms with Gasteiger partial charge in [-0.25, -0.2) is 4.98 Å². The summed E-state index contributed by atoms with van der Waals surface area (Å²) in [5.41, 5.74) is 0.0807. The molecule has 1 aliphatic carbocycles. The Hall–Kier alpha value is -3.32. The SMILES string of the molecule is COC1COCCC1N=C1C[C@H]2CN(C(=O)c3ncco3)C[C@@]2(C(=O)N2CCc3ncc(C(F)(F)F)cc3C2)C1. The highest BCUT2D eigenvalue weighted by atomic mass is 19.4. The lowest BCUT2D eigenvalue weighted by molar-refractivity contribution is -0.143. The molecule has 0 spiro atoms. The molecule has 40 heavy (non-hydrogen) atoms. The first-order valence-corrected chi connectivity index (χ1v) is 13.4. The summed E-state index contributed by atoms with van der Waals surface area (Å²) in [7, 11) is 1.63. The zero-order valence-electron chi connectivity index (χ0n) is 22.0. The van der Waals surface area contributed by atoms with Crippen LogP contribution in [-0.2, 0) is 33.4 Å². The maximum absolute atomic E-state index is 14.3. The first kappa shape index (κ1) is 26.9. The molecule has 5 heterocycles. The van der Waals surface area contributed by atoms with Crippen molar-refractivity contribution in [3.63, 3.8) is 0 Å². The van der Waals surface area contributed by atoms with Crippen LogP contribution in [0.2, 0.25) is 0 Å². The predicted molar refractivity (Wildman–Crippen MR) is 133 cm³/mol. The van der Waals surface area contributed by atoms with Crippen molar-refractivity contribution in [3.05, 3.63) is 47.4 Å². The summed E-state index contributed by atoms with van der Waals surface area (Å²) in [6.45, 7) is 1.88. The van der Waals surface area contributed by atoms with Gasteiger partial charge >= 0.3 is 12.1 Å². The van der Waals surface area contributed by atoms with Crippen LogP contribution in [0.25, 0.3) is 0 Å². The molecule has 0 N–H and O–H groups in total. The molecule has 0 bridgehead atoms. The fraction of sp³-hybridized carbons (Fsp3) is 0.593. The molecule has 6 rings (SSSR count). The summed E-state index contributed by atoms with van der Waals surface area (Å²) >= 11 is 0. The van der Waals surface area contributed by atoms with Crippen LogP contribution in [0.15, 0.2) is 34.1 Å². The molecule has 2 unspecified atom stereocenters. The maximum atomic E-state index is 14.3. The summed E-state index contributed by atoms with van der Waals surface area (Å²) in [5, 5.41) is 0. The van der Waals surface area contributed by atoms with Gasteiger partial charge in [-0.05, 0) is 30.4 Å². The van der Waals surface area contributed by atoms with Crippen LogP contribution in [0.1, 0.15) is 46.8 Å². The zero-order chi connectivity index (χ0) is 28.1. The van der Waals surface area contributed by atoms with E-state index in [2.05, 4.69) is 9.97 Å². The molecular formula is C27H30F3N5O5. The molecule has 4 aliphatic rings. The Balaban J connectivity index is 1.29. The van der Waals surface area contributed by atoms with E-state index in [1.54, 1.807) is 16.9 Å². The van der Waals surface area contributed by atoms with Crippen LogP contribution >= 0.6 is 0 Å². The Labute approximate surface area is 228 Å². The zero-order valence-corrected chi connectivity index (χ0v) is 22.0. The van der Waals surface area contributed by atoms with Gasteiger partial charge in [0, 0.05) is 70.3 Å². The quantitative estimate of drug-likeness (QED) is 0.565. The molecule has 214 valence electrons. The summed E-state index contributed by atoms with van der Waals surface area (Å²) in [4.78, 5) is 43.7. The van der Waals surface area contributed by atoms with Crippen molar-refractivity contribution in [2.24, 2.45) is 16.3 Å². The second-order valence-electron chi connectivity index (χ2n) is 11.0. The van der Waals surface area contributed by atoms with Gasteiger partial charge in [0.15, 0.2) is 0 Å². The van der Waals surface area contributed by atoms with Gasteiger partial charge in [-0.2, -0.15) is 13.2 Å². The number of ether oxygens (including phenoxy) is 2. The minimum atomic E-state index is -4.52. The van der Waals surface area contributed by atoms with Crippen molar-refractivity contribution in [1.29, 1.82) is 0 Å². The Morgan fingerprint density at radius 3 is 2.85 bits per heavy atom. The lowest BCUT2D eigenvalue weighted by atomic mass is 9.78. The topological polar surface area (TPSA) is 110 Å². The number of carbonyl (C=O) groups is 2. The highest BCUT2D eigenvalue weighted by molar-refractivity contribution is 5.99. The third-order valence-corrected chi connectivity index (χ3v) is 8.60. The van der Waals surface area contributed by atoms with Gasteiger partial charge in [-0.3, -0.25) is 19.6 Å². The number of amides is 2. The van der Waals surface area contributed by atoms with Crippen LogP contribution in [0.4, 0.5) is 13.2 Å². The number of hydrogen-bond acceptors (Lipinski definition) is 8. The number of methoxy groups -OCH3 is 1. The van der Waals surface area contributed by atoms with E-state index in [1.807, 2.05) is 0 Å². The largest absolute Gasteiger partial charge is 0.441 e. The Morgan fingerprint density at radius 2 is 2.10 bits per heavy atom. The molecule has 1 saturated carbocycles. The number of halogens is 3. The molecule has 2 saturated heterocycles. The van der Waals surface area contributed by atoms with Gasteiger partial charge in [0.1, 0.15) is 12.4 Å². The monoisotopic (exact) mass is 561 g/mol. The van der Waals surface area contributed by atoms with Crippen LogP contribution in [0.3, 0.4) is 0 Å². The standard InChI is InChI=1S/C27H30F3N5O5/c1-38-22-14-39-6-3-21(22)33-19-9-18-13-35(24(36)23-31-4-7-40-23)15-26(18,10-19)25(37)34-5-2-20-16(12-34)8-17(11-32-20)27(28,29)30/h4,7-8,11,18,21-22H,2-3,5-6,9-10,12-15H2,1H3/t18-,21?,22?,26-/m0/s1. The van der Waals surface area contributed by atoms with Gasteiger partial charge in [-0.15, -0.1) is 0 Å². The second kappa shape index (κ2) is 10.3. The highest BCUT2D eigenvalue weighted by Gasteiger charge is 2.59. The number of aliphatic imine (C=N–C) groups is 1. The molecular weight excluding hydrogens is 531 g/mol. The van der Waals surface area contributed by atoms with E-state index in [1.165, 1.54) is 12.5 Å². The molecule has 0 aromatic carbocycles. The number of pyridine rings is 1. The van der Waals surface area contributed by atoms with Crippen LogP contribution in [0, 0.1) is 11.3 Å². The predicted octanol–water partition coefficient (Wildman–Crippen LogP) is 2.77. The van der Waals surface area contributed by atoms with Crippen LogP contribution in [0.5, 0.6) is 0 Å². The van der Waals surface area contributed by atoms with Gasteiger partial charge < -0.3 is 23.7 Å². The first-order chi connectivity index (χ1) is 19.2. The van der Waals surface area contributed by atoms with E-state index in [4.69, 9.17) is 18.9 Å². The summed E-state index contributed by atoms with van der Waals surface area (Å²) in [6, 6.07) is 1.00. The summed E-state index contributed by atoms with van der Waals surface area (Å²) in [6.07, 6.45) is 0.836. The van der Waals surface area contributed by atoms with Gasteiger partial charge in [0.2, 0.25) is 5.91 Å². The lowest BCUT2D eigenvalue weighted by Gasteiger charge is -2.36. The van der Waals surface area contributed by atoms with Crippen molar-refractivity contribution in [2.45, 2.75) is 50.6 Å². The fourth-order valence-electron chi connectivity index (χ4n) is 6.57. The molecule has 3 aliphatic heterocycles. The van der Waals surface area contributed by atoms with Gasteiger partial charge in [0.05, 0.1) is 29.8 Å². The maximum Gasteiger partial charge on any atom is 0.417 e. The number of alkyl halides is 3. The fourth-order valence-corrected chi connectivity index (χ4v) is 6.57. The smallest absolute Gasteiger partial charge is 0.417 e. The number of aromatic nitrogens is 2. The molecule has 0 radical (unpaired) electrons. The number of carbonyl (C=O) groups excluding carboxylic acids is 2. The minimum Gasteiger partial charge on any atom is -0.441 e. The number of likely N-dealkylation sites (tertiary alicyclic amines) is 1. The molecule has 2 aromatic heterocycles. The normalized spacial score (nSPS) is 29.5. The van der Waals surface area contributed by atoms with Crippen molar-refractivity contribution < 1.29 is 36.7 Å². The average Bonchev–Trinajstić information content (AvgIpc) is 3.67. The first-order valence-electron chi connectivity index (χ1n) is 13.4. The summed E-state index contributed by atoms with van der Waals surface area (Å²) in [5.74, 6) is -0.806. The Bertz CT molecular complexity index is 1320. The lowest BCUT2D eigenvalue weighted by Crippen LogP contribution is -2.49. The summed E-state index contributed by atoms with van der Waals surface area (Å²) < 4.78 is 56.4. The Morgan fingerprint density at radius 1 is 1.25 bits per heavy atom. The number of rotatable bonds is 4. The van der Waals surface area contributed by atoms with Crippen molar-refractivity contribution >= 4 is 17.5 Å². The number of nitrogens with zero attached hydrogens (tertiary/aromatic N) is 5. The highest BCUT2D eigenvalue weighted by Crippen LogP contribution is 2.50. The van der Waals surface area contributed by atoms with E-state index in [0.29, 0.717) is 63.2 Å². The van der Waals surface area contributed by atoms with E-state index in [9.17, 15) is 22.8 Å². The van der Waals surface area contributed by atoms with Gasteiger partial charge in [0.25, 0.3) is 5.89 Å². The van der Waals surface area contributed by atoms with Crippen LogP contribution in [-0.4, -0.2) is 89.4 Å². The third kappa shape index (κ3) is 4.78. The second-order valence-corrected chi connectivity index (χ2v) is 11.0. The van der Waals surface area contributed by atoms with Crippen molar-refractivity contribution in [2.75, 3.05) is 40.0 Å². The number of fused-ring (bicyclic) bond motifs is 2. The van der Waals surface area contributed by atoms with E-state index >= 15 is 0 Å². The van der Waals surface area contributed by atoms with Crippen molar-refractivity contribution in [1.82, 2.24) is 19.8 Å². The number of hydrogen-bond donors (Lipinski definition) is 0. The molecule has 10 nitrogen and oxygen atoms in total. The van der Waals surface area contributed by atoms with E-state index in [0.717, 1.165) is 18.0 Å². The van der Waals surface area contributed by atoms with Crippen molar-refractivity contribution in [3.8, 4) is 0 Å². The average molecular weight is 562 g/mol. The van der Waals surface area contributed by atoms with Crippen LogP contribution < -0.4 is 0 Å². The molecule has 13 heteroatoms. The number of oxazole rings is 1. The molecule has 2 amide bonds. The molecule has 2 aromatic rings. The minimum absolute atomic E-state index is 0.0332. The van der Waals surface area contributed by atoms with E-state index < -0.39 is 23.1 Å². The molecule has 4 atom stereocenters.